The second kappa shape index (κ2) is 11.2. The molecule has 9 rings (SSSR count). The highest BCUT2D eigenvalue weighted by Gasteiger charge is 2.32. The van der Waals surface area contributed by atoms with Gasteiger partial charge in [-0.3, -0.25) is 0 Å². The van der Waals surface area contributed by atoms with Crippen LogP contribution in [0.5, 0.6) is 0 Å². The van der Waals surface area contributed by atoms with Crippen LogP contribution in [0, 0.1) is 0 Å². The Balaban J connectivity index is 1.39. The molecule has 0 N–H and O–H groups in total. The van der Waals surface area contributed by atoms with E-state index in [2.05, 4.69) is 119 Å². The van der Waals surface area contributed by atoms with Gasteiger partial charge in [0.15, 0.2) is 11.6 Å². The first-order valence-electron chi connectivity index (χ1n) is 14.9. The van der Waals surface area contributed by atoms with Gasteiger partial charge in [-0.25, -0.2) is 19.9 Å². The molecule has 2 aromatic heterocycles. The van der Waals surface area contributed by atoms with Crippen molar-refractivity contribution in [2.24, 2.45) is 0 Å². The molecule has 0 saturated heterocycles. The minimum atomic E-state index is 0.639. The van der Waals surface area contributed by atoms with Crippen molar-refractivity contribution in [1.82, 2.24) is 19.9 Å². The maximum absolute atomic E-state index is 4.80. The molecule has 2 aliphatic rings. The van der Waals surface area contributed by atoms with Crippen LogP contribution in [0.15, 0.2) is 166 Å². The molecule has 8 heteroatoms. The van der Waals surface area contributed by atoms with Gasteiger partial charge in [-0.2, -0.15) is 0 Å². The topological polar surface area (TPSA) is 58.0 Å². The molecule has 6 nitrogen and oxygen atoms in total. The highest BCUT2D eigenvalue weighted by molar-refractivity contribution is 8.00. The summed E-state index contributed by atoms with van der Waals surface area (Å²) in [5.41, 5.74) is 8.10. The number of para-hydroxylation sites is 4. The molecule has 0 fully saturated rings. The Kier molecular flexibility index (Phi) is 6.54. The summed E-state index contributed by atoms with van der Waals surface area (Å²) in [5.74, 6) is 1.28. The van der Waals surface area contributed by atoms with Crippen LogP contribution in [0.3, 0.4) is 0 Å². The molecule has 0 spiro atoms. The van der Waals surface area contributed by atoms with Crippen LogP contribution in [-0.4, -0.2) is 19.9 Å². The normalized spacial score (nSPS) is 13.0. The zero-order valence-electron chi connectivity index (χ0n) is 24.4. The molecule has 0 unspecified atom stereocenters. The lowest BCUT2D eigenvalue weighted by Crippen LogP contribution is -2.19. The fourth-order valence-corrected chi connectivity index (χ4v) is 8.23. The molecule has 5 aromatic carbocycles. The molecule has 0 radical (unpaired) electrons. The fourth-order valence-electron chi connectivity index (χ4n) is 6.11. The van der Waals surface area contributed by atoms with Gasteiger partial charge in [-0.05, 0) is 72.8 Å². The second-order valence-electron chi connectivity index (χ2n) is 10.8. The molecule has 46 heavy (non-hydrogen) atoms. The van der Waals surface area contributed by atoms with Gasteiger partial charge >= 0.3 is 0 Å². The number of hydrogen-bond acceptors (Lipinski definition) is 8. The van der Waals surface area contributed by atoms with Crippen molar-refractivity contribution in [1.29, 1.82) is 0 Å². The van der Waals surface area contributed by atoms with Crippen LogP contribution < -0.4 is 9.80 Å². The summed E-state index contributed by atoms with van der Waals surface area (Å²) < 4.78 is 0. The van der Waals surface area contributed by atoms with Crippen molar-refractivity contribution in [2.45, 2.75) is 19.6 Å². The van der Waals surface area contributed by atoms with Gasteiger partial charge in [0.05, 0.1) is 34.1 Å². The van der Waals surface area contributed by atoms with E-state index in [0.29, 0.717) is 11.6 Å². The summed E-state index contributed by atoms with van der Waals surface area (Å²) in [6.45, 7) is 0. The third-order valence-corrected chi connectivity index (χ3v) is 10.3. The van der Waals surface area contributed by atoms with E-state index in [9.17, 15) is 0 Å². The summed E-state index contributed by atoms with van der Waals surface area (Å²) in [6.07, 6.45) is 7.21. The van der Waals surface area contributed by atoms with E-state index in [-0.39, 0.29) is 0 Å². The van der Waals surface area contributed by atoms with Gasteiger partial charge < -0.3 is 9.80 Å². The predicted molar refractivity (Wildman–Crippen MR) is 186 cm³/mol. The summed E-state index contributed by atoms with van der Waals surface area (Å²) in [6, 6.07) is 42.3. The summed E-state index contributed by atoms with van der Waals surface area (Å²) in [4.78, 5) is 28.6. The summed E-state index contributed by atoms with van der Waals surface area (Å²) in [5, 5.41) is 0. The number of fused-ring (bicyclic) bond motifs is 4. The van der Waals surface area contributed by atoms with E-state index < -0.39 is 0 Å². The standard InChI is InChI=1S/C38H24N6S2/c1-5-15-33-27(11-1)43(28-12-2-6-16-34(28)45-33)31-23-26(38-41-21-10-22-42-38)32(24-25(31)37-39-19-9-20-40-37)44-29-13-3-7-17-35(29)46-36-18-8-4-14-30(36)44/h1-24H. The Morgan fingerprint density at radius 3 is 0.978 bits per heavy atom. The van der Waals surface area contributed by atoms with E-state index in [1.54, 1.807) is 48.3 Å². The first kappa shape index (κ1) is 26.9. The van der Waals surface area contributed by atoms with Gasteiger partial charge in [0.1, 0.15) is 0 Å². The summed E-state index contributed by atoms with van der Waals surface area (Å²) in [7, 11) is 0. The molecule has 0 amide bonds. The van der Waals surface area contributed by atoms with E-state index >= 15 is 0 Å². The Morgan fingerprint density at radius 1 is 0.348 bits per heavy atom. The lowest BCUT2D eigenvalue weighted by molar-refractivity contribution is 1.12. The van der Waals surface area contributed by atoms with Crippen molar-refractivity contribution in [2.75, 3.05) is 9.80 Å². The summed E-state index contributed by atoms with van der Waals surface area (Å²) >= 11 is 3.57. The van der Waals surface area contributed by atoms with Crippen LogP contribution in [0.1, 0.15) is 0 Å². The predicted octanol–water partition coefficient (Wildman–Crippen LogP) is 10.5. The van der Waals surface area contributed by atoms with E-state index in [0.717, 1.165) is 45.3 Å². The van der Waals surface area contributed by atoms with Crippen LogP contribution in [-0.2, 0) is 0 Å². The lowest BCUT2D eigenvalue weighted by atomic mass is 10.00. The number of anilines is 6. The molecule has 218 valence electrons. The third-order valence-electron chi connectivity index (χ3n) is 8.07. The Bertz CT molecular complexity index is 1990. The Hall–Kier alpha value is -5.44. The van der Waals surface area contributed by atoms with Crippen molar-refractivity contribution < 1.29 is 0 Å². The van der Waals surface area contributed by atoms with Gasteiger partial charge in [0, 0.05) is 55.5 Å². The number of benzene rings is 5. The molecule has 0 saturated carbocycles. The fraction of sp³-hybridized carbons (Fsp3) is 0. The minimum Gasteiger partial charge on any atom is -0.307 e. The van der Waals surface area contributed by atoms with Crippen molar-refractivity contribution in [3.8, 4) is 22.8 Å². The molecule has 4 heterocycles. The Morgan fingerprint density at radius 2 is 0.652 bits per heavy atom. The van der Waals surface area contributed by atoms with E-state index in [1.807, 2.05) is 12.1 Å². The van der Waals surface area contributed by atoms with Crippen LogP contribution in [0.2, 0.25) is 0 Å². The van der Waals surface area contributed by atoms with Crippen LogP contribution in [0.4, 0.5) is 34.1 Å². The monoisotopic (exact) mass is 628 g/mol. The molecule has 0 aliphatic carbocycles. The van der Waals surface area contributed by atoms with E-state index in [4.69, 9.17) is 19.9 Å². The zero-order chi connectivity index (χ0) is 30.5. The molecule has 7 aromatic rings. The molecular weight excluding hydrogens is 605 g/mol. The molecular formula is C38H24N6S2. The highest BCUT2D eigenvalue weighted by atomic mass is 32.2. The van der Waals surface area contributed by atoms with Crippen LogP contribution >= 0.6 is 23.5 Å². The molecule has 2 aliphatic heterocycles. The first-order valence-corrected chi connectivity index (χ1v) is 16.5. The van der Waals surface area contributed by atoms with Gasteiger partial charge in [-0.15, -0.1) is 0 Å². The average molecular weight is 629 g/mol. The minimum absolute atomic E-state index is 0.639. The van der Waals surface area contributed by atoms with Gasteiger partial charge in [0.2, 0.25) is 0 Å². The third kappa shape index (κ3) is 4.45. The quantitative estimate of drug-likeness (QED) is 0.191. The number of aromatic nitrogens is 4. The van der Waals surface area contributed by atoms with Crippen molar-refractivity contribution in [3.05, 3.63) is 146 Å². The smallest absolute Gasteiger partial charge is 0.161 e. The largest absolute Gasteiger partial charge is 0.307 e. The lowest BCUT2D eigenvalue weighted by Gasteiger charge is -2.37. The maximum atomic E-state index is 4.80. The van der Waals surface area contributed by atoms with Gasteiger partial charge in [0.25, 0.3) is 0 Å². The number of rotatable bonds is 4. The average Bonchev–Trinajstić information content (AvgIpc) is 3.13. The second-order valence-corrected chi connectivity index (χ2v) is 12.9. The van der Waals surface area contributed by atoms with Crippen molar-refractivity contribution >= 4 is 57.6 Å². The maximum Gasteiger partial charge on any atom is 0.161 e. The highest BCUT2D eigenvalue weighted by Crippen LogP contribution is 2.57. The van der Waals surface area contributed by atoms with Gasteiger partial charge in [-0.1, -0.05) is 72.1 Å². The first-order chi connectivity index (χ1) is 22.8. The molecule has 0 atom stereocenters. The molecule has 0 bridgehead atoms. The number of hydrogen-bond donors (Lipinski definition) is 0. The Labute approximate surface area is 274 Å². The number of nitrogens with zero attached hydrogens (tertiary/aromatic N) is 6. The van der Waals surface area contributed by atoms with Crippen molar-refractivity contribution in [3.63, 3.8) is 0 Å². The SMILES string of the molecule is c1cnc(-c2cc(N3c4ccccc4Sc4ccccc43)c(-c3ncccn3)cc2N2c3ccccc3Sc3ccccc32)nc1. The van der Waals surface area contributed by atoms with E-state index in [1.165, 1.54) is 19.6 Å². The zero-order valence-corrected chi connectivity index (χ0v) is 26.0. The van der Waals surface area contributed by atoms with Crippen LogP contribution in [0.25, 0.3) is 22.8 Å².